The first-order valence-electron chi connectivity index (χ1n) is 11.8. The second kappa shape index (κ2) is 9.23. The van der Waals surface area contributed by atoms with Gasteiger partial charge in [-0.3, -0.25) is 0 Å². The lowest BCUT2D eigenvalue weighted by Gasteiger charge is -2.25. The topological polar surface area (TPSA) is 18.5 Å². The van der Waals surface area contributed by atoms with Crippen molar-refractivity contribution >= 4 is 21.5 Å². The van der Waals surface area contributed by atoms with Crippen molar-refractivity contribution in [2.45, 2.75) is 39.4 Å². The van der Waals surface area contributed by atoms with Crippen molar-refractivity contribution in [3.63, 3.8) is 0 Å². The van der Waals surface area contributed by atoms with Gasteiger partial charge in [0.25, 0.3) is 0 Å². The molecule has 0 aliphatic heterocycles. The second-order valence-corrected chi connectivity index (χ2v) is 9.73. The predicted molar refractivity (Wildman–Crippen MR) is 142 cm³/mol. The Kier molecular flexibility index (Phi) is 5.98. The first-order valence-corrected chi connectivity index (χ1v) is 11.8. The molecule has 2 nitrogen and oxygen atoms in total. The Morgan fingerprint density at radius 3 is 1.53 bits per heavy atom. The molecule has 0 saturated heterocycles. The van der Waals surface area contributed by atoms with Crippen LogP contribution in [-0.4, -0.2) is 0 Å². The third kappa shape index (κ3) is 4.36. The minimum atomic E-state index is -0.0521. The summed E-state index contributed by atoms with van der Waals surface area (Å²) in [6, 6.07) is 35.6. The monoisotopic (exact) mass is 446 g/mol. The Hall–Kier alpha value is -3.78. The van der Waals surface area contributed by atoms with Gasteiger partial charge in [-0.25, -0.2) is 0 Å². The van der Waals surface area contributed by atoms with Crippen LogP contribution in [0.3, 0.4) is 0 Å². The van der Waals surface area contributed by atoms with E-state index in [0.29, 0.717) is 13.2 Å². The molecule has 170 valence electrons. The van der Waals surface area contributed by atoms with Gasteiger partial charge in [0.2, 0.25) is 0 Å². The molecule has 0 N–H and O–H groups in total. The minimum Gasteiger partial charge on any atom is -0.488 e. The standard InChI is InChI=1S/C32H30O2/c1-32(2,3)28-20-12-19-27-29(28)31(34-22-24-15-8-5-9-16-24)26-18-11-10-17-25(26)30(27)33-21-23-13-6-4-7-14-23/h4-20H,21-22H2,1-3H3. The Morgan fingerprint density at radius 1 is 0.500 bits per heavy atom. The van der Waals surface area contributed by atoms with E-state index in [0.717, 1.165) is 44.2 Å². The molecule has 0 aromatic heterocycles. The first-order chi connectivity index (χ1) is 16.5. The van der Waals surface area contributed by atoms with Crippen molar-refractivity contribution < 1.29 is 9.47 Å². The summed E-state index contributed by atoms with van der Waals surface area (Å²) in [6.45, 7) is 7.79. The summed E-state index contributed by atoms with van der Waals surface area (Å²) in [5.41, 5.74) is 3.50. The molecule has 0 saturated carbocycles. The van der Waals surface area contributed by atoms with E-state index >= 15 is 0 Å². The average Bonchev–Trinajstić information content (AvgIpc) is 2.86. The van der Waals surface area contributed by atoms with Crippen molar-refractivity contribution in [1.29, 1.82) is 0 Å². The van der Waals surface area contributed by atoms with E-state index in [9.17, 15) is 0 Å². The van der Waals surface area contributed by atoms with Gasteiger partial charge in [0.1, 0.15) is 24.7 Å². The summed E-state index contributed by atoms with van der Waals surface area (Å²) in [4.78, 5) is 0. The highest BCUT2D eigenvalue weighted by molar-refractivity contribution is 6.12. The van der Waals surface area contributed by atoms with Gasteiger partial charge in [0, 0.05) is 21.5 Å². The Morgan fingerprint density at radius 2 is 0.971 bits per heavy atom. The summed E-state index contributed by atoms with van der Waals surface area (Å²) in [7, 11) is 0. The molecule has 2 heteroatoms. The maximum absolute atomic E-state index is 6.62. The molecule has 0 fully saturated rings. The lowest BCUT2D eigenvalue weighted by atomic mass is 9.82. The van der Waals surface area contributed by atoms with E-state index in [2.05, 4.69) is 99.6 Å². The van der Waals surface area contributed by atoms with Crippen molar-refractivity contribution in [1.82, 2.24) is 0 Å². The lowest BCUT2D eigenvalue weighted by Crippen LogP contribution is -2.13. The molecule has 0 aliphatic rings. The van der Waals surface area contributed by atoms with E-state index in [4.69, 9.17) is 9.47 Å². The van der Waals surface area contributed by atoms with Gasteiger partial charge in [-0.05, 0) is 22.1 Å². The van der Waals surface area contributed by atoms with Crippen LogP contribution in [0.15, 0.2) is 103 Å². The fourth-order valence-corrected chi connectivity index (χ4v) is 4.53. The third-order valence-electron chi connectivity index (χ3n) is 6.21. The van der Waals surface area contributed by atoms with Crippen molar-refractivity contribution in [3.05, 3.63) is 120 Å². The van der Waals surface area contributed by atoms with E-state index in [-0.39, 0.29) is 5.41 Å². The summed E-state index contributed by atoms with van der Waals surface area (Å²) in [5.74, 6) is 1.83. The lowest BCUT2D eigenvalue weighted by molar-refractivity contribution is 0.308. The molecular formula is C32H30O2. The van der Waals surface area contributed by atoms with Crippen LogP contribution < -0.4 is 9.47 Å². The fourth-order valence-electron chi connectivity index (χ4n) is 4.53. The summed E-state index contributed by atoms with van der Waals surface area (Å²) in [6.07, 6.45) is 0. The summed E-state index contributed by atoms with van der Waals surface area (Å²) >= 11 is 0. The maximum atomic E-state index is 6.62. The van der Waals surface area contributed by atoms with Gasteiger partial charge in [0.05, 0.1) is 0 Å². The smallest absolute Gasteiger partial charge is 0.136 e. The van der Waals surface area contributed by atoms with Gasteiger partial charge >= 0.3 is 0 Å². The molecule has 0 unspecified atom stereocenters. The molecule has 0 aliphatic carbocycles. The molecule has 0 atom stereocenters. The minimum absolute atomic E-state index is 0.0521. The van der Waals surface area contributed by atoms with E-state index in [1.807, 2.05) is 24.3 Å². The maximum Gasteiger partial charge on any atom is 0.136 e. The molecule has 0 bridgehead atoms. The average molecular weight is 447 g/mol. The molecule has 5 rings (SSSR count). The van der Waals surface area contributed by atoms with Crippen molar-refractivity contribution in [3.8, 4) is 11.5 Å². The normalized spacial score (nSPS) is 11.6. The quantitative estimate of drug-likeness (QED) is 0.244. The Labute approximate surface area is 201 Å². The third-order valence-corrected chi connectivity index (χ3v) is 6.21. The summed E-state index contributed by atoms with van der Waals surface area (Å²) < 4.78 is 13.2. The molecular weight excluding hydrogens is 416 g/mol. The molecule has 0 heterocycles. The van der Waals surface area contributed by atoms with Gasteiger partial charge < -0.3 is 9.47 Å². The van der Waals surface area contributed by atoms with Crippen LogP contribution in [-0.2, 0) is 18.6 Å². The van der Waals surface area contributed by atoms with E-state index < -0.39 is 0 Å². The molecule has 5 aromatic carbocycles. The number of ether oxygens (including phenoxy) is 2. The van der Waals surface area contributed by atoms with E-state index in [1.165, 1.54) is 5.56 Å². The van der Waals surface area contributed by atoms with Gasteiger partial charge in [-0.15, -0.1) is 0 Å². The van der Waals surface area contributed by atoms with Crippen LogP contribution in [0.4, 0.5) is 0 Å². The predicted octanol–water partition coefficient (Wildman–Crippen LogP) is 8.45. The SMILES string of the molecule is CC(C)(C)c1cccc2c(OCc3ccccc3)c3ccccc3c(OCc3ccccc3)c12. The first kappa shape index (κ1) is 22.0. The number of benzene rings is 5. The highest BCUT2D eigenvalue weighted by Crippen LogP contribution is 2.46. The summed E-state index contributed by atoms with van der Waals surface area (Å²) in [5, 5.41) is 4.36. The zero-order valence-corrected chi connectivity index (χ0v) is 20.0. The number of hydrogen-bond acceptors (Lipinski definition) is 2. The highest BCUT2D eigenvalue weighted by Gasteiger charge is 2.24. The largest absolute Gasteiger partial charge is 0.488 e. The Balaban J connectivity index is 1.72. The van der Waals surface area contributed by atoms with Crippen LogP contribution >= 0.6 is 0 Å². The van der Waals surface area contributed by atoms with Gasteiger partial charge in [-0.2, -0.15) is 0 Å². The number of hydrogen-bond donors (Lipinski definition) is 0. The van der Waals surface area contributed by atoms with Crippen LogP contribution in [0.1, 0.15) is 37.5 Å². The second-order valence-electron chi connectivity index (χ2n) is 9.73. The molecule has 0 amide bonds. The fraction of sp³-hybridized carbons (Fsp3) is 0.188. The van der Waals surface area contributed by atoms with Crippen LogP contribution in [0.5, 0.6) is 11.5 Å². The van der Waals surface area contributed by atoms with Crippen LogP contribution in [0.2, 0.25) is 0 Å². The zero-order chi connectivity index (χ0) is 23.5. The van der Waals surface area contributed by atoms with Crippen LogP contribution in [0.25, 0.3) is 21.5 Å². The Bertz CT molecular complexity index is 1410. The van der Waals surface area contributed by atoms with Crippen LogP contribution in [0, 0.1) is 0 Å². The highest BCUT2D eigenvalue weighted by atomic mass is 16.5. The van der Waals surface area contributed by atoms with Crippen molar-refractivity contribution in [2.24, 2.45) is 0 Å². The van der Waals surface area contributed by atoms with Gasteiger partial charge in [-0.1, -0.05) is 124 Å². The molecule has 0 radical (unpaired) electrons. The van der Waals surface area contributed by atoms with Gasteiger partial charge in [0.15, 0.2) is 0 Å². The molecule has 34 heavy (non-hydrogen) atoms. The van der Waals surface area contributed by atoms with Crippen molar-refractivity contribution in [2.75, 3.05) is 0 Å². The van der Waals surface area contributed by atoms with E-state index in [1.54, 1.807) is 0 Å². The number of fused-ring (bicyclic) bond motifs is 2. The number of rotatable bonds is 6. The molecule has 5 aromatic rings. The zero-order valence-electron chi connectivity index (χ0n) is 20.0. The molecule has 0 spiro atoms.